The van der Waals surface area contributed by atoms with Crippen LogP contribution in [-0.2, 0) is 27.9 Å². The summed E-state index contributed by atoms with van der Waals surface area (Å²) < 4.78 is 26.9. The molecule has 4 rings (SSSR count). The van der Waals surface area contributed by atoms with E-state index in [1.54, 1.807) is 41.3 Å². The third-order valence-corrected chi connectivity index (χ3v) is 7.57. The number of aliphatic hydroxyl groups excluding tert-OH is 1. The zero-order valence-electron chi connectivity index (χ0n) is 17.1. The molecule has 1 aliphatic carbocycles. The fourth-order valence-corrected chi connectivity index (χ4v) is 5.58. The summed E-state index contributed by atoms with van der Waals surface area (Å²) in [7, 11) is -3.76. The van der Waals surface area contributed by atoms with Gasteiger partial charge >= 0.3 is 0 Å². The minimum atomic E-state index is -3.76. The molecular formula is C22H24ClN3O4S. The maximum atomic E-state index is 13.0. The van der Waals surface area contributed by atoms with Crippen LogP contribution in [0.1, 0.15) is 42.5 Å². The summed E-state index contributed by atoms with van der Waals surface area (Å²) in [6.07, 6.45) is 8.65. The number of benzene rings is 1. The van der Waals surface area contributed by atoms with E-state index >= 15 is 0 Å². The highest BCUT2D eigenvalue weighted by Crippen LogP contribution is 2.31. The first-order chi connectivity index (χ1) is 14.8. The van der Waals surface area contributed by atoms with Crippen LogP contribution in [0.25, 0.3) is 0 Å². The molecule has 0 spiro atoms. The molecule has 1 aromatic carbocycles. The summed E-state index contributed by atoms with van der Waals surface area (Å²) in [6, 6.07) is 6.93. The third-order valence-electron chi connectivity index (χ3n) is 5.68. The maximum Gasteiger partial charge on any atom is 0.282 e. The van der Waals surface area contributed by atoms with Crippen molar-refractivity contribution in [2.45, 2.75) is 38.8 Å². The molecule has 2 heterocycles. The van der Waals surface area contributed by atoms with E-state index in [4.69, 9.17) is 11.6 Å². The first-order valence-electron chi connectivity index (χ1n) is 10.2. The number of allylic oxidation sites excluding steroid dienone is 3. The Morgan fingerprint density at radius 3 is 2.77 bits per heavy atom. The molecule has 1 N–H and O–H groups in total. The Hall–Kier alpha value is -2.42. The van der Waals surface area contributed by atoms with Crippen LogP contribution < -0.4 is 0 Å². The Morgan fingerprint density at radius 1 is 1.32 bits per heavy atom. The van der Waals surface area contributed by atoms with Crippen molar-refractivity contribution in [1.29, 1.82) is 0 Å². The number of rotatable bonds is 7. The summed E-state index contributed by atoms with van der Waals surface area (Å²) in [6.45, 7) is 2.11. The van der Waals surface area contributed by atoms with Gasteiger partial charge in [-0.05, 0) is 30.0 Å². The molecule has 1 aromatic heterocycles. The van der Waals surface area contributed by atoms with Gasteiger partial charge < -0.3 is 10.0 Å². The standard InChI is InChI=1S/C22H24ClN3O4S/c1-2-5-15-8-9-17(10-15)31(29,30)26-12-16-11-25(13-21(16)24-26)22(28)19(14-27)18-6-3-4-7-20(18)23/h3-4,6-10,12,15,19,27H,2,5,11,13-14H2,1H3/t15?,19-/m1/s1. The lowest BCUT2D eigenvalue weighted by Crippen LogP contribution is -2.33. The molecular weight excluding hydrogens is 438 g/mol. The highest BCUT2D eigenvalue weighted by molar-refractivity contribution is 7.93. The molecule has 31 heavy (non-hydrogen) atoms. The smallest absolute Gasteiger partial charge is 0.282 e. The molecule has 1 amide bonds. The monoisotopic (exact) mass is 461 g/mol. The SMILES string of the molecule is CCCC1C=CC(S(=O)(=O)n2cc3c(n2)CN(C(=O)[C@H](CO)c2ccccc2Cl)C3)=C1. The van der Waals surface area contributed by atoms with Gasteiger partial charge in [0.05, 0.1) is 29.7 Å². The summed E-state index contributed by atoms with van der Waals surface area (Å²) in [5.74, 6) is -0.921. The number of nitrogens with zero attached hydrogens (tertiary/aromatic N) is 3. The molecule has 0 saturated carbocycles. The van der Waals surface area contributed by atoms with E-state index in [0.717, 1.165) is 16.9 Å². The van der Waals surface area contributed by atoms with Crippen molar-refractivity contribution in [3.8, 4) is 0 Å². The molecule has 2 atom stereocenters. The van der Waals surface area contributed by atoms with Crippen LogP contribution in [0.5, 0.6) is 0 Å². The second kappa shape index (κ2) is 8.61. The Labute approximate surface area is 186 Å². The second-order valence-electron chi connectivity index (χ2n) is 7.81. The van der Waals surface area contributed by atoms with Gasteiger partial charge in [0.1, 0.15) is 0 Å². The van der Waals surface area contributed by atoms with Crippen LogP contribution in [0.3, 0.4) is 0 Å². The average Bonchev–Trinajstić information content (AvgIpc) is 3.45. The largest absolute Gasteiger partial charge is 0.395 e. The van der Waals surface area contributed by atoms with Gasteiger partial charge in [0.15, 0.2) is 0 Å². The van der Waals surface area contributed by atoms with Gasteiger partial charge in [0.2, 0.25) is 5.91 Å². The van der Waals surface area contributed by atoms with Gasteiger partial charge in [-0.3, -0.25) is 4.79 Å². The van der Waals surface area contributed by atoms with E-state index in [9.17, 15) is 18.3 Å². The number of hydrogen-bond acceptors (Lipinski definition) is 5. The lowest BCUT2D eigenvalue weighted by atomic mass is 9.98. The predicted octanol–water partition coefficient (Wildman–Crippen LogP) is 3.20. The van der Waals surface area contributed by atoms with E-state index in [-0.39, 0.29) is 36.4 Å². The maximum absolute atomic E-state index is 13.0. The van der Waals surface area contributed by atoms with Crippen molar-refractivity contribution >= 4 is 27.5 Å². The van der Waals surface area contributed by atoms with Crippen LogP contribution in [0.2, 0.25) is 5.02 Å². The molecule has 164 valence electrons. The van der Waals surface area contributed by atoms with Crippen molar-refractivity contribution in [1.82, 2.24) is 14.1 Å². The number of hydrogen-bond donors (Lipinski definition) is 1. The van der Waals surface area contributed by atoms with Crippen LogP contribution in [0, 0.1) is 5.92 Å². The summed E-state index contributed by atoms with van der Waals surface area (Å²) in [5.41, 5.74) is 1.79. The van der Waals surface area contributed by atoms with Crippen molar-refractivity contribution in [2.75, 3.05) is 6.61 Å². The van der Waals surface area contributed by atoms with Crippen molar-refractivity contribution in [2.24, 2.45) is 5.92 Å². The molecule has 2 aliphatic rings. The molecule has 0 radical (unpaired) electrons. The second-order valence-corrected chi connectivity index (χ2v) is 10.0. The van der Waals surface area contributed by atoms with Gasteiger partial charge in [-0.15, -0.1) is 0 Å². The topological polar surface area (TPSA) is 92.5 Å². The fraction of sp³-hybridized carbons (Fsp3) is 0.364. The number of fused-ring (bicyclic) bond motifs is 1. The molecule has 7 nitrogen and oxygen atoms in total. The van der Waals surface area contributed by atoms with Crippen LogP contribution in [0.4, 0.5) is 0 Å². The van der Waals surface area contributed by atoms with E-state index in [2.05, 4.69) is 12.0 Å². The molecule has 1 aliphatic heterocycles. The average molecular weight is 462 g/mol. The molecule has 2 aromatic rings. The number of halogens is 1. The lowest BCUT2D eigenvalue weighted by molar-refractivity contribution is -0.134. The zero-order valence-corrected chi connectivity index (χ0v) is 18.7. The van der Waals surface area contributed by atoms with E-state index in [1.165, 1.54) is 6.20 Å². The van der Waals surface area contributed by atoms with Crippen LogP contribution in [0.15, 0.2) is 53.6 Å². The summed E-state index contributed by atoms with van der Waals surface area (Å²) in [4.78, 5) is 14.8. The van der Waals surface area contributed by atoms with Crippen LogP contribution >= 0.6 is 11.6 Å². The van der Waals surface area contributed by atoms with Crippen molar-refractivity contribution < 1.29 is 18.3 Å². The quantitative estimate of drug-likeness (QED) is 0.683. The van der Waals surface area contributed by atoms with Gasteiger partial charge in [0, 0.05) is 23.3 Å². The van der Waals surface area contributed by atoms with E-state index in [0.29, 0.717) is 21.8 Å². The predicted molar refractivity (Wildman–Crippen MR) is 118 cm³/mol. The first kappa shape index (κ1) is 21.8. The van der Waals surface area contributed by atoms with E-state index in [1.807, 2.05) is 6.08 Å². The number of carbonyl (C=O) groups excluding carboxylic acids is 1. The molecule has 1 unspecified atom stereocenters. The van der Waals surface area contributed by atoms with Gasteiger partial charge in [-0.2, -0.15) is 17.6 Å². The minimum absolute atomic E-state index is 0.130. The number of aromatic nitrogens is 2. The number of carbonyl (C=O) groups is 1. The van der Waals surface area contributed by atoms with Gasteiger partial charge in [0.25, 0.3) is 10.0 Å². The molecule has 0 saturated heterocycles. The Morgan fingerprint density at radius 2 is 2.10 bits per heavy atom. The Kier molecular flexibility index (Phi) is 6.05. The van der Waals surface area contributed by atoms with Crippen molar-refractivity contribution in [3.05, 3.63) is 75.4 Å². The number of amides is 1. The molecule has 0 fully saturated rings. The normalized spacial score (nSPS) is 18.9. The van der Waals surface area contributed by atoms with Gasteiger partial charge in [-0.25, -0.2) is 0 Å². The fourth-order valence-electron chi connectivity index (χ4n) is 4.03. The highest BCUT2D eigenvalue weighted by Gasteiger charge is 2.34. The highest BCUT2D eigenvalue weighted by atomic mass is 35.5. The molecule has 0 bridgehead atoms. The minimum Gasteiger partial charge on any atom is -0.395 e. The van der Waals surface area contributed by atoms with Crippen LogP contribution in [-0.4, -0.2) is 40.1 Å². The van der Waals surface area contributed by atoms with Gasteiger partial charge in [-0.1, -0.05) is 55.3 Å². The van der Waals surface area contributed by atoms with E-state index < -0.39 is 15.9 Å². The Balaban J connectivity index is 1.51. The lowest BCUT2D eigenvalue weighted by Gasteiger charge is -2.22. The van der Waals surface area contributed by atoms with Crippen molar-refractivity contribution in [3.63, 3.8) is 0 Å². The summed E-state index contributed by atoms with van der Waals surface area (Å²) in [5, 5.41) is 14.5. The molecule has 9 heteroatoms. The first-order valence-corrected chi connectivity index (χ1v) is 12.0. The number of aliphatic hydroxyl groups is 1. The third kappa shape index (κ3) is 4.07. The zero-order chi connectivity index (χ0) is 22.2. The summed E-state index contributed by atoms with van der Waals surface area (Å²) >= 11 is 6.20. The Bertz CT molecular complexity index is 1150.